The average molecular weight is 355 g/mol. The average Bonchev–Trinajstić information content (AvgIpc) is 3.29. The largest absolute Gasteiger partial charge is 0.369 e. The van der Waals surface area contributed by atoms with E-state index in [1.54, 1.807) is 11.9 Å². The van der Waals surface area contributed by atoms with E-state index in [2.05, 4.69) is 4.72 Å². The van der Waals surface area contributed by atoms with Gasteiger partial charge in [0, 0.05) is 10.5 Å². The number of hydrogen-bond acceptors (Lipinski definition) is 4. The lowest BCUT2D eigenvalue weighted by Crippen LogP contribution is -2.42. The summed E-state index contributed by atoms with van der Waals surface area (Å²) in [5, 5.41) is 8.77. The summed E-state index contributed by atoms with van der Waals surface area (Å²) in [4.78, 5) is 12.5. The van der Waals surface area contributed by atoms with Gasteiger partial charge in [-0.1, -0.05) is 12.8 Å². The lowest BCUT2D eigenvalue weighted by molar-refractivity contribution is 0.241. The van der Waals surface area contributed by atoms with Gasteiger partial charge >= 0.3 is 6.03 Å². The third-order valence-electron chi connectivity index (χ3n) is 6.29. The summed E-state index contributed by atoms with van der Waals surface area (Å²) < 4.78 is 4.35. The molecule has 2 amide bonds. The maximum Gasteiger partial charge on any atom is 0.344 e. The van der Waals surface area contributed by atoms with Crippen LogP contribution in [0.2, 0.25) is 0 Å². The summed E-state index contributed by atoms with van der Waals surface area (Å²) in [7, 11) is 0. The molecule has 4 rings (SSSR count). The first-order valence-corrected chi connectivity index (χ1v) is 10.6. The maximum absolute atomic E-state index is 12.5. The third-order valence-corrected chi connectivity index (χ3v) is 8.88. The molecule has 0 spiro atoms. The molecule has 5 nitrogen and oxygen atoms in total. The van der Waals surface area contributed by atoms with Crippen LogP contribution in [-0.2, 0) is 0 Å². The molecular formula is C16H26N4OS2. The smallest absolute Gasteiger partial charge is 0.344 e. The van der Waals surface area contributed by atoms with Gasteiger partial charge in [0.2, 0.25) is 5.96 Å². The van der Waals surface area contributed by atoms with Crippen LogP contribution in [0, 0.1) is 29.1 Å². The Labute approximate surface area is 146 Å². The van der Waals surface area contributed by atoms with Crippen LogP contribution in [0.3, 0.4) is 0 Å². The Morgan fingerprint density at radius 1 is 1.00 bits per heavy atom. The number of carbonyl (C=O) groups excluding carboxylic acids is 1. The number of urea groups is 1. The van der Waals surface area contributed by atoms with E-state index in [-0.39, 0.29) is 12.0 Å². The lowest BCUT2D eigenvalue weighted by atomic mass is 10.0. The number of fused-ring (bicyclic) bond motifs is 4. The highest BCUT2D eigenvalue weighted by atomic mass is 32.2. The van der Waals surface area contributed by atoms with Gasteiger partial charge in [-0.25, -0.2) is 9.10 Å². The maximum atomic E-state index is 12.5. The predicted octanol–water partition coefficient (Wildman–Crippen LogP) is 3.57. The number of amides is 2. The minimum Gasteiger partial charge on any atom is -0.369 e. The molecule has 0 saturated heterocycles. The predicted molar refractivity (Wildman–Crippen MR) is 95.9 cm³/mol. The number of carbonyl (C=O) groups is 1. The second-order valence-corrected chi connectivity index (χ2v) is 9.96. The Morgan fingerprint density at radius 3 is 2.09 bits per heavy atom. The van der Waals surface area contributed by atoms with Gasteiger partial charge in [-0.3, -0.25) is 10.1 Å². The molecule has 4 bridgehead atoms. The highest BCUT2D eigenvalue weighted by Crippen LogP contribution is 2.50. The molecule has 4 aliphatic rings. The van der Waals surface area contributed by atoms with E-state index in [9.17, 15) is 4.79 Å². The molecule has 4 saturated carbocycles. The van der Waals surface area contributed by atoms with Crippen molar-refractivity contribution >= 4 is 35.9 Å². The Balaban J connectivity index is 1.30. The van der Waals surface area contributed by atoms with Crippen molar-refractivity contribution in [1.82, 2.24) is 9.03 Å². The van der Waals surface area contributed by atoms with Crippen molar-refractivity contribution < 1.29 is 4.79 Å². The normalized spacial score (nSPS) is 40.5. The number of hydrogen-bond donors (Lipinski definition) is 3. The number of guanidine groups is 1. The molecule has 4 N–H and O–H groups in total. The molecule has 0 aromatic heterocycles. The molecular weight excluding hydrogens is 328 g/mol. The van der Waals surface area contributed by atoms with Crippen LogP contribution >= 0.6 is 23.9 Å². The molecule has 0 aromatic carbocycles. The highest BCUT2D eigenvalue weighted by molar-refractivity contribution is 7.99. The van der Waals surface area contributed by atoms with Crippen molar-refractivity contribution in [3.8, 4) is 0 Å². The fourth-order valence-corrected chi connectivity index (χ4v) is 7.68. The van der Waals surface area contributed by atoms with Crippen LogP contribution in [-0.4, -0.2) is 26.8 Å². The standard InChI is InChI=1S/C16H26N4OS2/c17-15(18)20(23-14-8-10-2-4-12(14)6-10)16(21)19-22-13-7-9-1-3-11(13)5-9/h9-14H,1-8H2,(H3,17,18)(H,19,21). The van der Waals surface area contributed by atoms with Gasteiger partial charge in [0.05, 0.1) is 0 Å². The Bertz CT molecular complexity index is 502. The summed E-state index contributed by atoms with van der Waals surface area (Å²) in [5.74, 6) is 3.04. The van der Waals surface area contributed by atoms with Gasteiger partial charge in [0.1, 0.15) is 0 Å². The molecule has 128 valence electrons. The molecule has 0 aliphatic heterocycles. The fourth-order valence-electron chi connectivity index (χ4n) is 5.16. The Hall–Kier alpha value is -0.560. The molecule has 23 heavy (non-hydrogen) atoms. The molecule has 4 aliphatic carbocycles. The van der Waals surface area contributed by atoms with E-state index in [1.165, 1.54) is 67.6 Å². The molecule has 4 fully saturated rings. The van der Waals surface area contributed by atoms with Gasteiger partial charge in [-0.05, 0) is 86.1 Å². The molecule has 0 heterocycles. The van der Waals surface area contributed by atoms with Crippen LogP contribution in [0.1, 0.15) is 51.4 Å². The first kappa shape index (κ1) is 15.9. The summed E-state index contributed by atoms with van der Waals surface area (Å²) in [6.07, 6.45) is 10.3. The van der Waals surface area contributed by atoms with E-state index in [4.69, 9.17) is 11.1 Å². The highest BCUT2D eigenvalue weighted by Gasteiger charge is 2.43. The van der Waals surface area contributed by atoms with E-state index in [0.29, 0.717) is 16.4 Å². The SMILES string of the molecule is N=C(N)N(SC1CC2CCC1C2)C(=O)NSC1CC2CCC1C2. The topological polar surface area (TPSA) is 82.2 Å². The number of rotatable bonds is 4. The van der Waals surface area contributed by atoms with Gasteiger partial charge in [-0.15, -0.1) is 0 Å². The summed E-state index contributed by atoms with van der Waals surface area (Å²) >= 11 is 3.06. The van der Waals surface area contributed by atoms with E-state index in [1.807, 2.05) is 0 Å². The molecule has 0 aromatic rings. The van der Waals surface area contributed by atoms with Crippen LogP contribution in [0.4, 0.5) is 4.79 Å². The van der Waals surface area contributed by atoms with Crippen LogP contribution < -0.4 is 10.5 Å². The minimum atomic E-state index is -0.224. The first-order chi connectivity index (χ1) is 11.1. The zero-order valence-electron chi connectivity index (χ0n) is 13.4. The van der Waals surface area contributed by atoms with Gasteiger partial charge < -0.3 is 5.73 Å². The van der Waals surface area contributed by atoms with Crippen molar-refractivity contribution in [2.24, 2.45) is 29.4 Å². The lowest BCUT2D eigenvalue weighted by Gasteiger charge is -2.28. The van der Waals surface area contributed by atoms with Crippen LogP contribution in [0.5, 0.6) is 0 Å². The summed E-state index contributed by atoms with van der Waals surface area (Å²) in [6.45, 7) is 0. The van der Waals surface area contributed by atoms with E-state index >= 15 is 0 Å². The molecule has 6 atom stereocenters. The summed E-state index contributed by atoms with van der Waals surface area (Å²) in [6, 6.07) is -0.224. The van der Waals surface area contributed by atoms with Gasteiger partial charge in [0.25, 0.3) is 0 Å². The van der Waals surface area contributed by atoms with Gasteiger partial charge in [-0.2, -0.15) is 0 Å². The molecule has 7 heteroatoms. The van der Waals surface area contributed by atoms with Crippen molar-refractivity contribution in [1.29, 1.82) is 5.41 Å². The first-order valence-electron chi connectivity index (χ1n) is 8.86. The Morgan fingerprint density at radius 2 is 1.61 bits per heavy atom. The quantitative estimate of drug-likeness (QED) is 0.409. The zero-order valence-corrected chi connectivity index (χ0v) is 15.0. The van der Waals surface area contributed by atoms with E-state index < -0.39 is 0 Å². The second kappa shape index (κ2) is 6.39. The zero-order chi connectivity index (χ0) is 16.0. The van der Waals surface area contributed by atoms with Crippen molar-refractivity contribution in [3.63, 3.8) is 0 Å². The monoisotopic (exact) mass is 354 g/mol. The number of nitrogens with two attached hydrogens (primary N) is 1. The minimum absolute atomic E-state index is 0.149. The second-order valence-electron chi connectivity index (χ2n) is 7.74. The molecule has 0 radical (unpaired) electrons. The van der Waals surface area contributed by atoms with Crippen LogP contribution in [0.25, 0.3) is 0 Å². The Kier molecular flexibility index (Phi) is 4.43. The number of nitrogens with zero attached hydrogens (tertiary/aromatic N) is 1. The third kappa shape index (κ3) is 3.18. The van der Waals surface area contributed by atoms with E-state index in [0.717, 1.165) is 17.8 Å². The van der Waals surface area contributed by atoms with Crippen LogP contribution in [0.15, 0.2) is 0 Å². The van der Waals surface area contributed by atoms with Gasteiger partial charge in [0.15, 0.2) is 0 Å². The van der Waals surface area contributed by atoms with Crippen molar-refractivity contribution in [3.05, 3.63) is 0 Å². The summed E-state index contributed by atoms with van der Waals surface area (Å²) in [5.41, 5.74) is 5.68. The fraction of sp³-hybridized carbons (Fsp3) is 0.875. The van der Waals surface area contributed by atoms with Crippen molar-refractivity contribution in [2.75, 3.05) is 0 Å². The van der Waals surface area contributed by atoms with Crippen molar-refractivity contribution in [2.45, 2.75) is 61.9 Å². The number of nitrogens with one attached hydrogen (secondary N) is 2. The molecule has 6 unspecified atom stereocenters.